The van der Waals surface area contributed by atoms with Crippen molar-refractivity contribution < 1.29 is 24.2 Å². The fraction of sp³-hybridized carbons (Fsp3) is 0.400. The molecule has 0 aromatic heterocycles. The van der Waals surface area contributed by atoms with Gasteiger partial charge in [0, 0.05) is 5.56 Å². The SMILES string of the molecule is NC(=O)COc1ccc(C(=O)NC2(CC(=O)O)CCC2)cc1. The summed E-state index contributed by atoms with van der Waals surface area (Å²) < 4.78 is 5.10. The number of carbonyl (C=O) groups excluding carboxylic acids is 2. The number of amides is 2. The smallest absolute Gasteiger partial charge is 0.305 e. The fourth-order valence-corrected chi connectivity index (χ4v) is 2.41. The van der Waals surface area contributed by atoms with Gasteiger partial charge in [-0.1, -0.05) is 0 Å². The number of ether oxygens (including phenoxy) is 1. The lowest BCUT2D eigenvalue weighted by Gasteiger charge is -2.41. The molecule has 1 aliphatic carbocycles. The van der Waals surface area contributed by atoms with Gasteiger partial charge in [0.25, 0.3) is 11.8 Å². The van der Waals surface area contributed by atoms with E-state index in [-0.39, 0.29) is 18.9 Å². The van der Waals surface area contributed by atoms with E-state index < -0.39 is 17.4 Å². The predicted octanol–water partition coefficient (Wildman–Crippen LogP) is 0.678. The third-order valence-electron chi connectivity index (χ3n) is 3.68. The number of aliphatic carboxylic acids is 1. The Kier molecular flexibility index (Phi) is 4.65. The summed E-state index contributed by atoms with van der Waals surface area (Å²) in [6.07, 6.45) is 2.18. The molecule has 2 rings (SSSR count). The highest BCUT2D eigenvalue weighted by atomic mass is 16.5. The number of rotatable bonds is 7. The number of carboxylic acid groups (broad SMARTS) is 1. The summed E-state index contributed by atoms with van der Waals surface area (Å²) in [5, 5.41) is 11.7. The predicted molar refractivity (Wildman–Crippen MR) is 77.4 cm³/mol. The van der Waals surface area contributed by atoms with Crippen molar-refractivity contribution in [3.63, 3.8) is 0 Å². The highest BCUT2D eigenvalue weighted by Gasteiger charge is 2.40. The molecular formula is C15H18N2O5. The Morgan fingerprint density at radius 3 is 2.32 bits per heavy atom. The van der Waals surface area contributed by atoms with Gasteiger partial charge in [0.2, 0.25) is 0 Å². The van der Waals surface area contributed by atoms with Crippen molar-refractivity contribution in [1.82, 2.24) is 5.32 Å². The van der Waals surface area contributed by atoms with Crippen LogP contribution in [0.25, 0.3) is 0 Å². The quantitative estimate of drug-likeness (QED) is 0.684. The second-order valence-corrected chi connectivity index (χ2v) is 5.44. The summed E-state index contributed by atoms with van der Waals surface area (Å²) in [5.41, 5.74) is 4.74. The van der Waals surface area contributed by atoms with E-state index in [2.05, 4.69) is 5.32 Å². The maximum atomic E-state index is 12.2. The molecule has 0 radical (unpaired) electrons. The van der Waals surface area contributed by atoms with Crippen LogP contribution in [0.3, 0.4) is 0 Å². The van der Waals surface area contributed by atoms with Crippen molar-refractivity contribution >= 4 is 17.8 Å². The fourth-order valence-electron chi connectivity index (χ4n) is 2.41. The van der Waals surface area contributed by atoms with Crippen molar-refractivity contribution in [2.75, 3.05) is 6.61 Å². The van der Waals surface area contributed by atoms with E-state index in [4.69, 9.17) is 15.6 Å². The molecular weight excluding hydrogens is 288 g/mol. The standard InChI is InChI=1S/C15H18N2O5/c16-12(18)9-22-11-4-2-10(3-5-11)14(21)17-15(6-1-7-15)8-13(19)20/h2-5H,1,6-9H2,(H2,16,18)(H,17,21)(H,19,20). The van der Waals surface area contributed by atoms with Crippen LogP contribution in [0.5, 0.6) is 5.75 Å². The average molecular weight is 306 g/mol. The minimum atomic E-state index is -0.921. The molecule has 1 aromatic carbocycles. The Morgan fingerprint density at radius 1 is 1.23 bits per heavy atom. The molecule has 0 unspecified atom stereocenters. The lowest BCUT2D eigenvalue weighted by molar-refractivity contribution is -0.139. The number of carboxylic acids is 1. The van der Waals surface area contributed by atoms with Gasteiger partial charge in [-0.25, -0.2) is 0 Å². The zero-order chi connectivity index (χ0) is 16.2. The summed E-state index contributed by atoms with van der Waals surface area (Å²) in [6, 6.07) is 6.22. The van der Waals surface area contributed by atoms with Crippen LogP contribution < -0.4 is 15.8 Å². The number of benzene rings is 1. The minimum Gasteiger partial charge on any atom is -0.484 e. The number of carbonyl (C=O) groups is 3. The molecule has 2 amide bonds. The van der Waals surface area contributed by atoms with Crippen LogP contribution in [-0.2, 0) is 9.59 Å². The van der Waals surface area contributed by atoms with Crippen LogP contribution in [0.2, 0.25) is 0 Å². The molecule has 1 fully saturated rings. The maximum absolute atomic E-state index is 12.2. The molecule has 7 heteroatoms. The summed E-state index contributed by atoms with van der Waals surface area (Å²) >= 11 is 0. The van der Waals surface area contributed by atoms with Gasteiger partial charge >= 0.3 is 5.97 Å². The topological polar surface area (TPSA) is 119 Å². The van der Waals surface area contributed by atoms with E-state index >= 15 is 0 Å². The molecule has 0 spiro atoms. The van der Waals surface area contributed by atoms with Gasteiger partial charge in [0.15, 0.2) is 6.61 Å². The first-order chi connectivity index (χ1) is 10.4. The van der Waals surface area contributed by atoms with Gasteiger partial charge in [-0.3, -0.25) is 14.4 Å². The first-order valence-corrected chi connectivity index (χ1v) is 6.96. The van der Waals surface area contributed by atoms with E-state index in [0.29, 0.717) is 24.2 Å². The summed E-state index contributed by atoms with van der Waals surface area (Å²) in [5.74, 6) is -1.39. The summed E-state index contributed by atoms with van der Waals surface area (Å²) in [6.45, 7) is -0.229. The molecule has 1 saturated carbocycles. The molecule has 0 bridgehead atoms. The molecule has 0 saturated heterocycles. The number of hydrogen-bond donors (Lipinski definition) is 3. The average Bonchev–Trinajstić information content (AvgIpc) is 2.42. The molecule has 118 valence electrons. The second-order valence-electron chi connectivity index (χ2n) is 5.44. The Hall–Kier alpha value is -2.57. The van der Waals surface area contributed by atoms with Crippen LogP contribution in [0.4, 0.5) is 0 Å². The summed E-state index contributed by atoms with van der Waals surface area (Å²) in [4.78, 5) is 33.7. The van der Waals surface area contributed by atoms with Crippen molar-refractivity contribution in [1.29, 1.82) is 0 Å². The molecule has 1 aromatic rings. The molecule has 0 atom stereocenters. The summed E-state index contributed by atoms with van der Waals surface area (Å²) in [7, 11) is 0. The molecule has 4 N–H and O–H groups in total. The van der Waals surface area contributed by atoms with E-state index in [1.165, 1.54) is 0 Å². The Labute approximate surface area is 127 Å². The van der Waals surface area contributed by atoms with Crippen LogP contribution in [0.15, 0.2) is 24.3 Å². The minimum absolute atomic E-state index is 0.0709. The lowest BCUT2D eigenvalue weighted by Crippen LogP contribution is -2.54. The van der Waals surface area contributed by atoms with Crippen molar-refractivity contribution in [3.05, 3.63) is 29.8 Å². The number of hydrogen-bond acceptors (Lipinski definition) is 4. The zero-order valence-corrected chi connectivity index (χ0v) is 12.0. The molecule has 0 heterocycles. The monoisotopic (exact) mass is 306 g/mol. The number of nitrogens with one attached hydrogen (secondary N) is 1. The van der Waals surface area contributed by atoms with E-state index in [1.807, 2.05) is 0 Å². The van der Waals surface area contributed by atoms with E-state index in [9.17, 15) is 14.4 Å². The van der Waals surface area contributed by atoms with Gasteiger partial charge in [-0.05, 0) is 43.5 Å². The lowest BCUT2D eigenvalue weighted by atomic mass is 9.74. The molecule has 7 nitrogen and oxygen atoms in total. The van der Waals surface area contributed by atoms with Crippen molar-refractivity contribution in [2.24, 2.45) is 5.73 Å². The molecule has 22 heavy (non-hydrogen) atoms. The Balaban J connectivity index is 1.97. The zero-order valence-electron chi connectivity index (χ0n) is 12.0. The second kappa shape index (κ2) is 6.46. The largest absolute Gasteiger partial charge is 0.484 e. The number of nitrogens with two attached hydrogens (primary N) is 1. The normalized spacial score (nSPS) is 15.5. The third-order valence-corrected chi connectivity index (χ3v) is 3.68. The maximum Gasteiger partial charge on any atom is 0.305 e. The van der Waals surface area contributed by atoms with Gasteiger partial charge in [0.05, 0.1) is 12.0 Å². The highest BCUT2D eigenvalue weighted by molar-refractivity contribution is 5.95. The Morgan fingerprint density at radius 2 is 1.86 bits per heavy atom. The van der Waals surface area contributed by atoms with Crippen molar-refractivity contribution in [2.45, 2.75) is 31.2 Å². The molecule has 1 aliphatic rings. The van der Waals surface area contributed by atoms with Crippen LogP contribution >= 0.6 is 0 Å². The van der Waals surface area contributed by atoms with Crippen molar-refractivity contribution in [3.8, 4) is 5.75 Å². The molecule has 0 aliphatic heterocycles. The van der Waals surface area contributed by atoms with E-state index in [0.717, 1.165) is 6.42 Å². The third kappa shape index (κ3) is 3.97. The van der Waals surface area contributed by atoms with Gasteiger partial charge in [-0.2, -0.15) is 0 Å². The Bertz CT molecular complexity index is 578. The van der Waals surface area contributed by atoms with Crippen LogP contribution in [-0.4, -0.2) is 35.0 Å². The first-order valence-electron chi connectivity index (χ1n) is 6.96. The van der Waals surface area contributed by atoms with Crippen LogP contribution in [0.1, 0.15) is 36.0 Å². The first kappa shape index (κ1) is 15.8. The van der Waals surface area contributed by atoms with E-state index in [1.54, 1.807) is 24.3 Å². The van der Waals surface area contributed by atoms with Crippen LogP contribution in [0, 0.1) is 0 Å². The number of primary amides is 1. The van der Waals surface area contributed by atoms with Gasteiger partial charge in [-0.15, -0.1) is 0 Å². The van der Waals surface area contributed by atoms with Gasteiger partial charge in [0.1, 0.15) is 5.75 Å². The van der Waals surface area contributed by atoms with Gasteiger partial charge < -0.3 is 20.9 Å². The highest BCUT2D eigenvalue weighted by Crippen LogP contribution is 2.35.